The molecule has 6 nitrogen and oxygen atoms in total. The molecular formula is C25H29ClN4O2S. The Balaban J connectivity index is 1.71. The standard InChI is InChI=1S/C25H29ClN4O2S/c1-6-15(2)20(27-21(31)16-7-11-18(12-8-16)25(3,4)5)22(32)28-24-30-29-23(33-24)17-9-13-19(26)14-10-17/h7-15,20H,6H2,1-5H3,(H,27,31)(H,28,30,32). The minimum absolute atomic E-state index is 0.000754. The van der Waals surface area contributed by atoms with Gasteiger partial charge in [-0.15, -0.1) is 10.2 Å². The summed E-state index contributed by atoms with van der Waals surface area (Å²) in [5.41, 5.74) is 2.52. The number of carbonyl (C=O) groups is 2. The van der Waals surface area contributed by atoms with E-state index in [1.807, 2.05) is 38.1 Å². The Morgan fingerprint density at radius 3 is 2.24 bits per heavy atom. The molecule has 0 spiro atoms. The van der Waals surface area contributed by atoms with Crippen molar-refractivity contribution in [1.29, 1.82) is 0 Å². The van der Waals surface area contributed by atoms with Crippen molar-refractivity contribution < 1.29 is 9.59 Å². The third-order valence-corrected chi connectivity index (χ3v) is 6.68. The van der Waals surface area contributed by atoms with Gasteiger partial charge in [0.2, 0.25) is 11.0 Å². The molecule has 174 valence electrons. The Hall–Kier alpha value is -2.77. The van der Waals surface area contributed by atoms with Gasteiger partial charge < -0.3 is 5.32 Å². The van der Waals surface area contributed by atoms with Gasteiger partial charge in [-0.3, -0.25) is 14.9 Å². The first-order valence-electron chi connectivity index (χ1n) is 10.9. The number of nitrogens with zero attached hydrogens (tertiary/aromatic N) is 2. The van der Waals surface area contributed by atoms with Crippen molar-refractivity contribution in [2.24, 2.45) is 5.92 Å². The van der Waals surface area contributed by atoms with Crippen LogP contribution in [-0.2, 0) is 10.2 Å². The molecule has 0 aliphatic rings. The quantitative estimate of drug-likeness (QED) is 0.434. The van der Waals surface area contributed by atoms with Gasteiger partial charge in [0.15, 0.2) is 0 Å². The van der Waals surface area contributed by atoms with Crippen LogP contribution in [0.4, 0.5) is 5.13 Å². The number of anilines is 1. The van der Waals surface area contributed by atoms with Crippen molar-refractivity contribution in [1.82, 2.24) is 15.5 Å². The third-order valence-electron chi connectivity index (χ3n) is 5.54. The smallest absolute Gasteiger partial charge is 0.251 e. The van der Waals surface area contributed by atoms with Crippen LogP contribution in [0.2, 0.25) is 5.02 Å². The maximum absolute atomic E-state index is 13.1. The summed E-state index contributed by atoms with van der Waals surface area (Å²) in [7, 11) is 0. The Morgan fingerprint density at radius 2 is 1.67 bits per heavy atom. The lowest BCUT2D eigenvalue weighted by atomic mass is 9.86. The van der Waals surface area contributed by atoms with Crippen molar-refractivity contribution in [2.75, 3.05) is 5.32 Å². The summed E-state index contributed by atoms with van der Waals surface area (Å²) in [6.45, 7) is 10.3. The van der Waals surface area contributed by atoms with E-state index in [1.165, 1.54) is 11.3 Å². The molecule has 0 fully saturated rings. The summed E-state index contributed by atoms with van der Waals surface area (Å²) in [6, 6.07) is 14.0. The molecule has 0 saturated heterocycles. The van der Waals surface area contributed by atoms with Gasteiger partial charge >= 0.3 is 0 Å². The molecule has 3 rings (SSSR count). The topological polar surface area (TPSA) is 84.0 Å². The molecule has 2 N–H and O–H groups in total. The van der Waals surface area contributed by atoms with Crippen LogP contribution in [0.25, 0.3) is 10.6 Å². The number of benzene rings is 2. The van der Waals surface area contributed by atoms with Crippen LogP contribution in [0.15, 0.2) is 48.5 Å². The summed E-state index contributed by atoms with van der Waals surface area (Å²) in [5.74, 6) is -0.663. The van der Waals surface area contributed by atoms with Gasteiger partial charge in [-0.1, -0.05) is 88.2 Å². The monoisotopic (exact) mass is 484 g/mol. The summed E-state index contributed by atoms with van der Waals surface area (Å²) in [5, 5.41) is 15.6. The van der Waals surface area contributed by atoms with Crippen LogP contribution in [0, 0.1) is 5.92 Å². The maximum Gasteiger partial charge on any atom is 0.251 e. The molecule has 33 heavy (non-hydrogen) atoms. The molecular weight excluding hydrogens is 456 g/mol. The number of halogens is 1. The van der Waals surface area contributed by atoms with Gasteiger partial charge in [0.1, 0.15) is 11.0 Å². The van der Waals surface area contributed by atoms with E-state index in [0.29, 0.717) is 20.7 Å². The van der Waals surface area contributed by atoms with Gasteiger partial charge in [0, 0.05) is 16.1 Å². The van der Waals surface area contributed by atoms with E-state index in [1.54, 1.807) is 24.3 Å². The number of carbonyl (C=O) groups excluding carboxylic acids is 2. The fourth-order valence-corrected chi connectivity index (χ4v) is 4.09. The summed E-state index contributed by atoms with van der Waals surface area (Å²) in [6.07, 6.45) is 0.730. The van der Waals surface area contributed by atoms with Crippen molar-refractivity contribution in [3.05, 3.63) is 64.7 Å². The lowest BCUT2D eigenvalue weighted by Crippen LogP contribution is -2.47. The number of aromatic nitrogens is 2. The average Bonchev–Trinajstić information content (AvgIpc) is 3.25. The zero-order chi connectivity index (χ0) is 24.2. The molecule has 0 aliphatic carbocycles. The molecule has 0 radical (unpaired) electrons. The zero-order valence-corrected chi connectivity index (χ0v) is 21.1. The molecule has 1 aromatic heterocycles. The van der Waals surface area contributed by atoms with Gasteiger partial charge in [0.25, 0.3) is 5.91 Å². The molecule has 2 unspecified atom stereocenters. The average molecular weight is 485 g/mol. The molecule has 1 heterocycles. The fraction of sp³-hybridized carbons (Fsp3) is 0.360. The zero-order valence-electron chi connectivity index (χ0n) is 19.5. The second kappa shape index (κ2) is 10.4. The second-order valence-corrected chi connectivity index (χ2v) is 10.5. The van der Waals surface area contributed by atoms with Crippen molar-refractivity contribution in [3.8, 4) is 10.6 Å². The van der Waals surface area contributed by atoms with Crippen molar-refractivity contribution >= 4 is 39.9 Å². The lowest BCUT2D eigenvalue weighted by molar-refractivity contribution is -0.119. The Kier molecular flexibility index (Phi) is 7.87. The number of nitrogens with one attached hydrogen (secondary N) is 2. The highest BCUT2D eigenvalue weighted by molar-refractivity contribution is 7.18. The van der Waals surface area contributed by atoms with E-state index in [-0.39, 0.29) is 23.1 Å². The predicted molar refractivity (Wildman–Crippen MR) is 135 cm³/mol. The molecule has 3 aromatic rings. The molecule has 0 saturated carbocycles. The highest BCUT2D eigenvalue weighted by Crippen LogP contribution is 2.28. The van der Waals surface area contributed by atoms with Crippen molar-refractivity contribution in [2.45, 2.75) is 52.5 Å². The van der Waals surface area contributed by atoms with E-state index in [9.17, 15) is 9.59 Å². The largest absolute Gasteiger partial charge is 0.340 e. The number of amides is 2. The van der Waals surface area contributed by atoms with Crippen LogP contribution >= 0.6 is 22.9 Å². The minimum Gasteiger partial charge on any atom is -0.340 e. The van der Waals surface area contributed by atoms with Crippen LogP contribution in [0.1, 0.15) is 57.0 Å². The van der Waals surface area contributed by atoms with Crippen LogP contribution in [0.3, 0.4) is 0 Å². The van der Waals surface area contributed by atoms with E-state index in [2.05, 4.69) is 41.6 Å². The van der Waals surface area contributed by atoms with Gasteiger partial charge in [-0.05, 0) is 41.2 Å². The first-order chi connectivity index (χ1) is 15.6. The Labute approximate surface area is 203 Å². The maximum atomic E-state index is 13.1. The fourth-order valence-electron chi connectivity index (χ4n) is 3.21. The van der Waals surface area contributed by atoms with Gasteiger partial charge in [-0.2, -0.15) is 0 Å². The summed E-state index contributed by atoms with van der Waals surface area (Å²) in [4.78, 5) is 25.9. The van der Waals surface area contributed by atoms with E-state index >= 15 is 0 Å². The summed E-state index contributed by atoms with van der Waals surface area (Å²) < 4.78 is 0. The van der Waals surface area contributed by atoms with Crippen LogP contribution in [0.5, 0.6) is 0 Å². The second-order valence-electron chi connectivity index (χ2n) is 9.07. The van der Waals surface area contributed by atoms with Gasteiger partial charge in [-0.25, -0.2) is 0 Å². The van der Waals surface area contributed by atoms with E-state index in [4.69, 9.17) is 11.6 Å². The predicted octanol–water partition coefficient (Wildman–Crippen LogP) is 5.94. The number of hydrogen-bond acceptors (Lipinski definition) is 5. The number of rotatable bonds is 7. The van der Waals surface area contributed by atoms with E-state index in [0.717, 1.165) is 17.5 Å². The minimum atomic E-state index is -0.701. The molecule has 8 heteroatoms. The van der Waals surface area contributed by atoms with Gasteiger partial charge in [0.05, 0.1) is 0 Å². The van der Waals surface area contributed by atoms with E-state index < -0.39 is 6.04 Å². The Bertz CT molecular complexity index is 1100. The third kappa shape index (κ3) is 6.39. The molecule has 2 atom stereocenters. The lowest BCUT2D eigenvalue weighted by Gasteiger charge is -2.23. The first kappa shape index (κ1) is 24.9. The summed E-state index contributed by atoms with van der Waals surface area (Å²) >= 11 is 7.21. The van der Waals surface area contributed by atoms with Crippen molar-refractivity contribution in [3.63, 3.8) is 0 Å². The molecule has 2 amide bonds. The highest BCUT2D eigenvalue weighted by atomic mass is 35.5. The van der Waals surface area contributed by atoms with Crippen LogP contribution < -0.4 is 10.6 Å². The normalized spacial score (nSPS) is 13.3. The SMILES string of the molecule is CCC(C)C(NC(=O)c1ccc(C(C)(C)C)cc1)C(=O)Nc1nnc(-c2ccc(Cl)cc2)s1. The number of hydrogen-bond donors (Lipinski definition) is 2. The van der Waals surface area contributed by atoms with Crippen LogP contribution in [-0.4, -0.2) is 28.1 Å². The highest BCUT2D eigenvalue weighted by Gasteiger charge is 2.27. The molecule has 0 aliphatic heterocycles. The first-order valence-corrected chi connectivity index (χ1v) is 12.1. The molecule has 0 bridgehead atoms. The Morgan fingerprint density at radius 1 is 1.03 bits per heavy atom. The molecule has 2 aromatic carbocycles.